The Labute approximate surface area is 108 Å². The molecule has 0 atom stereocenters. The number of nitrogens with one attached hydrogen (secondary N) is 1. The Hall–Kier alpha value is -1.54. The van der Waals surface area contributed by atoms with Crippen LogP contribution in [0.2, 0.25) is 0 Å². The molecule has 1 saturated heterocycles. The van der Waals surface area contributed by atoms with Gasteiger partial charge in [-0.3, -0.25) is 0 Å². The second-order valence-electron chi connectivity index (χ2n) is 5.26. The Kier molecular flexibility index (Phi) is 2.96. The van der Waals surface area contributed by atoms with E-state index in [1.807, 2.05) is 0 Å². The maximum absolute atomic E-state index is 4.04. The molecular weight excluding hydrogens is 220 g/mol. The molecule has 1 aromatic heterocycles. The first-order valence-electron chi connectivity index (χ1n) is 6.73. The Morgan fingerprint density at radius 2 is 2.06 bits per heavy atom. The van der Waals surface area contributed by atoms with Crippen LogP contribution in [0.4, 0.5) is 0 Å². The van der Waals surface area contributed by atoms with Gasteiger partial charge in [0.05, 0.1) is 0 Å². The van der Waals surface area contributed by atoms with Gasteiger partial charge in [0, 0.05) is 17.8 Å². The van der Waals surface area contributed by atoms with Gasteiger partial charge in [0.2, 0.25) is 0 Å². The first-order valence-corrected chi connectivity index (χ1v) is 6.73. The number of benzene rings is 1. The summed E-state index contributed by atoms with van der Waals surface area (Å²) in [5.74, 6) is 0. The highest BCUT2D eigenvalue weighted by Gasteiger charge is 2.16. The van der Waals surface area contributed by atoms with Crippen LogP contribution in [0.1, 0.15) is 31.4 Å². The summed E-state index contributed by atoms with van der Waals surface area (Å²) < 4.78 is 2.45. The van der Waals surface area contributed by atoms with E-state index >= 15 is 0 Å². The lowest BCUT2D eigenvalue weighted by molar-refractivity contribution is 0.376. The zero-order valence-corrected chi connectivity index (χ0v) is 10.9. The standard InChI is InChI=1S/C16H20N2/c1-12(2)14-4-3-13-7-10-18(16(13)11-14)15-5-8-17-9-6-15/h3-4,7,10-11,15,17H,1,5-6,8-9H2,2H3. The molecular formula is C16H20N2. The number of aromatic nitrogens is 1. The number of fused-ring (bicyclic) bond motifs is 1. The lowest BCUT2D eigenvalue weighted by Gasteiger charge is -2.25. The Bertz CT molecular complexity index is 574. The highest BCUT2D eigenvalue weighted by atomic mass is 15.0. The second kappa shape index (κ2) is 4.62. The summed E-state index contributed by atoms with van der Waals surface area (Å²) >= 11 is 0. The number of hydrogen-bond donors (Lipinski definition) is 1. The van der Waals surface area contributed by atoms with Crippen molar-refractivity contribution in [2.45, 2.75) is 25.8 Å². The lowest BCUT2D eigenvalue weighted by Crippen LogP contribution is -2.29. The fraction of sp³-hybridized carbons (Fsp3) is 0.375. The molecule has 0 unspecified atom stereocenters. The Morgan fingerprint density at radius 3 is 2.78 bits per heavy atom. The molecule has 0 spiro atoms. The van der Waals surface area contributed by atoms with Crippen molar-refractivity contribution in [3.63, 3.8) is 0 Å². The molecule has 1 aliphatic heterocycles. The van der Waals surface area contributed by atoms with Crippen LogP contribution in [0.15, 0.2) is 37.0 Å². The first-order chi connectivity index (χ1) is 8.75. The third-order valence-electron chi connectivity index (χ3n) is 3.92. The van der Waals surface area contributed by atoms with Crippen molar-refractivity contribution >= 4 is 16.5 Å². The molecule has 2 nitrogen and oxygen atoms in total. The summed E-state index contributed by atoms with van der Waals surface area (Å²) in [5.41, 5.74) is 3.73. The van der Waals surface area contributed by atoms with E-state index in [4.69, 9.17) is 0 Å². The van der Waals surface area contributed by atoms with Crippen LogP contribution in [-0.4, -0.2) is 17.7 Å². The van der Waals surface area contributed by atoms with Gasteiger partial charge >= 0.3 is 0 Å². The average Bonchev–Trinajstić information content (AvgIpc) is 2.82. The van der Waals surface area contributed by atoms with E-state index in [2.05, 4.69) is 53.8 Å². The van der Waals surface area contributed by atoms with E-state index in [-0.39, 0.29) is 0 Å². The van der Waals surface area contributed by atoms with Crippen LogP contribution in [0, 0.1) is 0 Å². The van der Waals surface area contributed by atoms with Gasteiger partial charge in [-0.05, 0) is 55.9 Å². The van der Waals surface area contributed by atoms with Gasteiger partial charge in [0.25, 0.3) is 0 Å². The van der Waals surface area contributed by atoms with E-state index in [0.717, 1.165) is 18.7 Å². The van der Waals surface area contributed by atoms with Crippen LogP contribution in [0.5, 0.6) is 0 Å². The molecule has 0 radical (unpaired) electrons. The number of hydrogen-bond acceptors (Lipinski definition) is 1. The first kappa shape index (κ1) is 11.5. The van der Waals surface area contributed by atoms with Crippen molar-refractivity contribution in [3.8, 4) is 0 Å². The average molecular weight is 240 g/mol. The molecule has 0 bridgehead atoms. The molecule has 1 aliphatic rings. The lowest BCUT2D eigenvalue weighted by atomic mass is 10.0. The van der Waals surface area contributed by atoms with E-state index in [1.165, 1.54) is 29.3 Å². The molecule has 94 valence electrons. The van der Waals surface area contributed by atoms with Crippen molar-refractivity contribution in [2.24, 2.45) is 0 Å². The van der Waals surface area contributed by atoms with Crippen molar-refractivity contribution in [1.29, 1.82) is 0 Å². The topological polar surface area (TPSA) is 17.0 Å². The van der Waals surface area contributed by atoms with Crippen molar-refractivity contribution in [2.75, 3.05) is 13.1 Å². The fourth-order valence-corrected chi connectivity index (χ4v) is 2.82. The van der Waals surface area contributed by atoms with E-state index in [1.54, 1.807) is 0 Å². The molecule has 18 heavy (non-hydrogen) atoms. The minimum absolute atomic E-state index is 0.643. The maximum Gasteiger partial charge on any atom is 0.0488 e. The van der Waals surface area contributed by atoms with Gasteiger partial charge in [-0.1, -0.05) is 24.3 Å². The highest BCUT2D eigenvalue weighted by Crippen LogP contribution is 2.27. The van der Waals surface area contributed by atoms with Gasteiger partial charge in [-0.15, -0.1) is 0 Å². The molecule has 2 heterocycles. The van der Waals surface area contributed by atoms with Gasteiger partial charge in [0.1, 0.15) is 0 Å². The largest absolute Gasteiger partial charge is 0.344 e. The van der Waals surface area contributed by atoms with Gasteiger partial charge < -0.3 is 9.88 Å². The van der Waals surface area contributed by atoms with Crippen LogP contribution in [0.3, 0.4) is 0 Å². The quantitative estimate of drug-likeness (QED) is 0.848. The molecule has 0 saturated carbocycles. The van der Waals surface area contributed by atoms with Crippen molar-refractivity contribution in [3.05, 3.63) is 42.6 Å². The van der Waals surface area contributed by atoms with E-state index < -0.39 is 0 Å². The Balaban J connectivity index is 2.05. The number of rotatable bonds is 2. The van der Waals surface area contributed by atoms with Crippen molar-refractivity contribution < 1.29 is 0 Å². The third-order valence-corrected chi connectivity index (χ3v) is 3.92. The van der Waals surface area contributed by atoms with Crippen LogP contribution in [0.25, 0.3) is 16.5 Å². The SMILES string of the molecule is C=C(C)c1ccc2ccn(C3CCNCC3)c2c1. The summed E-state index contributed by atoms with van der Waals surface area (Å²) in [7, 11) is 0. The van der Waals surface area contributed by atoms with E-state index in [0.29, 0.717) is 6.04 Å². The number of nitrogens with zero attached hydrogens (tertiary/aromatic N) is 1. The molecule has 2 aromatic rings. The summed E-state index contributed by atoms with van der Waals surface area (Å²) in [4.78, 5) is 0. The number of allylic oxidation sites excluding steroid dienone is 1. The van der Waals surface area contributed by atoms with Gasteiger partial charge in [-0.2, -0.15) is 0 Å². The van der Waals surface area contributed by atoms with Gasteiger partial charge in [0.15, 0.2) is 0 Å². The molecule has 1 fully saturated rings. The molecule has 0 aliphatic carbocycles. The third kappa shape index (κ3) is 1.97. The van der Waals surface area contributed by atoms with Crippen molar-refractivity contribution in [1.82, 2.24) is 9.88 Å². The molecule has 2 heteroatoms. The second-order valence-corrected chi connectivity index (χ2v) is 5.26. The fourth-order valence-electron chi connectivity index (χ4n) is 2.82. The maximum atomic E-state index is 4.04. The highest BCUT2D eigenvalue weighted by molar-refractivity contribution is 5.84. The van der Waals surface area contributed by atoms with Crippen LogP contribution in [-0.2, 0) is 0 Å². The summed E-state index contributed by atoms with van der Waals surface area (Å²) in [6.45, 7) is 8.37. The number of piperidine rings is 1. The zero-order valence-electron chi connectivity index (χ0n) is 10.9. The minimum Gasteiger partial charge on any atom is -0.344 e. The normalized spacial score (nSPS) is 17.2. The Morgan fingerprint density at radius 1 is 1.28 bits per heavy atom. The minimum atomic E-state index is 0.643. The van der Waals surface area contributed by atoms with E-state index in [9.17, 15) is 0 Å². The van der Waals surface area contributed by atoms with Crippen LogP contribution >= 0.6 is 0 Å². The molecule has 1 aromatic carbocycles. The summed E-state index contributed by atoms with van der Waals surface area (Å²) in [6, 6.07) is 9.51. The molecule has 0 amide bonds. The predicted molar refractivity (Wildman–Crippen MR) is 77.8 cm³/mol. The van der Waals surface area contributed by atoms with Crippen LogP contribution < -0.4 is 5.32 Å². The summed E-state index contributed by atoms with van der Waals surface area (Å²) in [5, 5.41) is 4.76. The predicted octanol–water partition coefficient (Wildman–Crippen LogP) is 3.60. The zero-order chi connectivity index (χ0) is 12.5. The van der Waals surface area contributed by atoms with Gasteiger partial charge in [-0.25, -0.2) is 0 Å². The smallest absolute Gasteiger partial charge is 0.0488 e. The molecule has 3 rings (SSSR count). The monoisotopic (exact) mass is 240 g/mol. The summed E-state index contributed by atoms with van der Waals surface area (Å²) in [6.07, 6.45) is 4.69. The molecule has 1 N–H and O–H groups in total.